The topological polar surface area (TPSA) is 66.5 Å². The number of carbonyl (C=O) groups excluding carboxylic acids is 1. The van der Waals surface area contributed by atoms with Crippen LogP contribution >= 0.6 is 0 Å². The lowest BCUT2D eigenvalue weighted by Crippen LogP contribution is -2.42. The first kappa shape index (κ1) is 22.1. The highest BCUT2D eigenvalue weighted by Gasteiger charge is 2.29. The van der Waals surface area contributed by atoms with Crippen molar-refractivity contribution < 1.29 is 13.2 Å². The molecule has 32 heavy (non-hydrogen) atoms. The molecule has 5 nitrogen and oxygen atoms in total. The monoisotopic (exact) mass is 448 g/mol. The number of nitrogens with one attached hydrogen (secondary N) is 1. The van der Waals surface area contributed by atoms with E-state index in [0.29, 0.717) is 5.69 Å². The average molecular weight is 449 g/mol. The van der Waals surface area contributed by atoms with E-state index in [0.717, 1.165) is 36.0 Å². The van der Waals surface area contributed by atoms with Crippen molar-refractivity contribution in [2.45, 2.75) is 44.0 Å². The molecule has 3 aromatic carbocycles. The third-order valence-electron chi connectivity index (χ3n) is 5.98. The van der Waals surface area contributed by atoms with E-state index >= 15 is 0 Å². The molecule has 0 fully saturated rings. The van der Waals surface area contributed by atoms with E-state index in [4.69, 9.17) is 0 Å². The van der Waals surface area contributed by atoms with Crippen molar-refractivity contribution in [2.75, 3.05) is 10.8 Å². The standard InChI is InChI=1S/C26H28N2O3S/c1-19-14-16-22(17-15-19)32(30,31)28(25-13-6-3-8-20(25)2)18-26(29)27-24-12-7-10-21-9-4-5-11-23(21)24/h3-6,8-9,11,13-17,24H,7,10,12,18H2,1-2H3,(H,27,29)/t24-/m1/s1. The maximum Gasteiger partial charge on any atom is 0.264 e. The molecule has 166 valence electrons. The highest BCUT2D eigenvalue weighted by molar-refractivity contribution is 7.92. The van der Waals surface area contributed by atoms with Crippen LogP contribution in [-0.4, -0.2) is 20.9 Å². The highest BCUT2D eigenvalue weighted by atomic mass is 32.2. The van der Waals surface area contributed by atoms with Crippen molar-refractivity contribution in [2.24, 2.45) is 0 Å². The molecule has 6 heteroatoms. The minimum absolute atomic E-state index is 0.103. The first-order valence-corrected chi connectivity index (χ1v) is 12.3. The first-order chi connectivity index (χ1) is 15.4. The van der Waals surface area contributed by atoms with Crippen LogP contribution in [0, 0.1) is 13.8 Å². The molecule has 1 aliphatic carbocycles. The Morgan fingerprint density at radius 2 is 1.66 bits per heavy atom. The molecule has 1 atom stereocenters. The quantitative estimate of drug-likeness (QED) is 0.595. The van der Waals surface area contributed by atoms with E-state index < -0.39 is 10.0 Å². The molecule has 4 rings (SSSR count). The van der Waals surface area contributed by atoms with Gasteiger partial charge in [0, 0.05) is 0 Å². The average Bonchev–Trinajstić information content (AvgIpc) is 2.78. The Morgan fingerprint density at radius 3 is 2.41 bits per heavy atom. The Hall–Kier alpha value is -3.12. The van der Waals surface area contributed by atoms with Crippen LogP contribution in [0.2, 0.25) is 0 Å². The molecular formula is C26H28N2O3S. The summed E-state index contributed by atoms with van der Waals surface area (Å²) in [7, 11) is -3.92. The summed E-state index contributed by atoms with van der Waals surface area (Å²) >= 11 is 0. The van der Waals surface area contributed by atoms with Gasteiger partial charge in [-0.3, -0.25) is 9.10 Å². The molecule has 1 aliphatic rings. The van der Waals surface area contributed by atoms with Gasteiger partial charge in [0.25, 0.3) is 10.0 Å². The molecule has 3 aromatic rings. The number of carbonyl (C=O) groups is 1. The Morgan fingerprint density at radius 1 is 0.969 bits per heavy atom. The number of aryl methyl sites for hydroxylation is 3. The van der Waals surface area contributed by atoms with Crippen LogP contribution < -0.4 is 9.62 Å². The van der Waals surface area contributed by atoms with Gasteiger partial charge in [-0.25, -0.2) is 8.42 Å². The number of nitrogens with zero attached hydrogens (tertiary/aromatic N) is 1. The SMILES string of the molecule is Cc1ccc(S(=O)(=O)N(CC(=O)N[C@@H]2CCCc3ccccc32)c2ccccc2C)cc1. The van der Waals surface area contributed by atoms with Gasteiger partial charge in [0.05, 0.1) is 16.6 Å². The number of anilines is 1. The van der Waals surface area contributed by atoms with Gasteiger partial charge in [-0.15, -0.1) is 0 Å². The molecule has 0 spiro atoms. The molecule has 1 amide bonds. The Labute approximate surface area is 190 Å². The lowest BCUT2D eigenvalue weighted by molar-refractivity contribution is -0.120. The molecule has 0 saturated heterocycles. The van der Waals surface area contributed by atoms with Crippen molar-refractivity contribution in [1.82, 2.24) is 5.32 Å². The van der Waals surface area contributed by atoms with E-state index in [2.05, 4.69) is 11.4 Å². The van der Waals surface area contributed by atoms with Crippen LogP contribution in [0.5, 0.6) is 0 Å². The van der Waals surface area contributed by atoms with E-state index in [9.17, 15) is 13.2 Å². The predicted molar refractivity (Wildman–Crippen MR) is 127 cm³/mol. The van der Waals surface area contributed by atoms with Crippen molar-refractivity contribution in [3.63, 3.8) is 0 Å². The summed E-state index contributed by atoms with van der Waals surface area (Å²) in [5.41, 5.74) is 4.63. The molecule has 0 heterocycles. The lowest BCUT2D eigenvalue weighted by Gasteiger charge is -2.29. The Balaban J connectivity index is 1.64. The first-order valence-electron chi connectivity index (χ1n) is 10.9. The zero-order chi connectivity index (χ0) is 22.7. The van der Waals surface area contributed by atoms with Crippen molar-refractivity contribution in [1.29, 1.82) is 0 Å². The number of hydrogen-bond acceptors (Lipinski definition) is 3. The molecular weight excluding hydrogens is 420 g/mol. The van der Waals surface area contributed by atoms with Crippen molar-refractivity contribution in [3.8, 4) is 0 Å². The third kappa shape index (κ3) is 4.55. The molecule has 0 aromatic heterocycles. The summed E-state index contributed by atoms with van der Waals surface area (Å²) in [6.07, 6.45) is 2.84. The second-order valence-electron chi connectivity index (χ2n) is 8.32. The zero-order valence-corrected chi connectivity index (χ0v) is 19.2. The number of hydrogen-bond donors (Lipinski definition) is 1. The minimum atomic E-state index is -3.92. The van der Waals surface area contributed by atoms with Crippen LogP contribution in [0.3, 0.4) is 0 Å². The second-order valence-corrected chi connectivity index (χ2v) is 10.2. The third-order valence-corrected chi connectivity index (χ3v) is 7.76. The van der Waals surface area contributed by atoms with Gasteiger partial charge in [0.1, 0.15) is 6.54 Å². The van der Waals surface area contributed by atoms with E-state index in [-0.39, 0.29) is 23.4 Å². The molecule has 0 bridgehead atoms. The summed E-state index contributed by atoms with van der Waals surface area (Å²) in [5, 5.41) is 3.08. The fourth-order valence-corrected chi connectivity index (χ4v) is 5.74. The van der Waals surface area contributed by atoms with E-state index in [1.54, 1.807) is 36.4 Å². The summed E-state index contributed by atoms with van der Waals surface area (Å²) in [6.45, 7) is 3.48. The number of fused-ring (bicyclic) bond motifs is 1. The van der Waals surface area contributed by atoms with Crippen LogP contribution in [0.15, 0.2) is 77.7 Å². The van der Waals surface area contributed by atoms with Gasteiger partial charge in [0.2, 0.25) is 5.91 Å². The number of sulfonamides is 1. The predicted octanol–water partition coefficient (Wildman–Crippen LogP) is 4.69. The molecule has 0 saturated carbocycles. The normalized spacial score (nSPS) is 15.6. The van der Waals surface area contributed by atoms with Crippen LogP contribution in [0.4, 0.5) is 5.69 Å². The van der Waals surface area contributed by atoms with E-state index in [1.165, 1.54) is 9.87 Å². The smallest absolute Gasteiger partial charge is 0.264 e. The van der Waals surface area contributed by atoms with Gasteiger partial charge in [-0.1, -0.05) is 60.2 Å². The fourth-order valence-electron chi connectivity index (χ4n) is 4.25. The Kier molecular flexibility index (Phi) is 6.33. The van der Waals surface area contributed by atoms with Gasteiger partial charge >= 0.3 is 0 Å². The van der Waals surface area contributed by atoms with Crippen molar-refractivity contribution >= 4 is 21.6 Å². The van der Waals surface area contributed by atoms with Gasteiger partial charge in [-0.05, 0) is 68.0 Å². The van der Waals surface area contributed by atoms with Crippen molar-refractivity contribution in [3.05, 3.63) is 95.1 Å². The van der Waals surface area contributed by atoms with Crippen LogP contribution in [-0.2, 0) is 21.2 Å². The minimum Gasteiger partial charge on any atom is -0.348 e. The van der Waals surface area contributed by atoms with Crippen LogP contribution in [0.25, 0.3) is 0 Å². The van der Waals surface area contributed by atoms with Gasteiger partial charge in [-0.2, -0.15) is 0 Å². The number of rotatable bonds is 6. The van der Waals surface area contributed by atoms with E-state index in [1.807, 2.05) is 44.2 Å². The lowest BCUT2D eigenvalue weighted by atomic mass is 9.88. The fraction of sp³-hybridized carbons (Fsp3) is 0.269. The summed E-state index contributed by atoms with van der Waals surface area (Å²) in [5.74, 6) is -0.314. The number of para-hydroxylation sites is 1. The molecule has 0 aliphatic heterocycles. The van der Waals surface area contributed by atoms with Gasteiger partial charge in [0.15, 0.2) is 0 Å². The van der Waals surface area contributed by atoms with Crippen LogP contribution in [0.1, 0.15) is 41.1 Å². The summed E-state index contributed by atoms with van der Waals surface area (Å²) in [4.78, 5) is 13.3. The molecule has 0 radical (unpaired) electrons. The number of amides is 1. The Bertz CT molecular complexity index is 1220. The summed E-state index contributed by atoms with van der Waals surface area (Å²) < 4.78 is 28.4. The largest absolute Gasteiger partial charge is 0.348 e. The number of benzene rings is 3. The zero-order valence-electron chi connectivity index (χ0n) is 18.4. The summed E-state index contributed by atoms with van der Waals surface area (Å²) in [6, 6.07) is 22.0. The molecule has 0 unspecified atom stereocenters. The maximum atomic E-state index is 13.6. The maximum absolute atomic E-state index is 13.6. The molecule has 1 N–H and O–H groups in total. The second kappa shape index (κ2) is 9.17. The highest BCUT2D eigenvalue weighted by Crippen LogP contribution is 2.30. The van der Waals surface area contributed by atoms with Gasteiger partial charge < -0.3 is 5.32 Å².